The number of nitrogens with one attached hydrogen (secondary N) is 1. The molecular formula is C19H18N4O2S2. The largest absolute Gasteiger partial charge is 0.455 e. The summed E-state index contributed by atoms with van der Waals surface area (Å²) in [4.78, 5) is 18.4. The summed E-state index contributed by atoms with van der Waals surface area (Å²) in [7, 11) is 1.87. The van der Waals surface area contributed by atoms with E-state index in [0.29, 0.717) is 4.88 Å². The summed E-state index contributed by atoms with van der Waals surface area (Å²) in [6.07, 6.45) is 0. The van der Waals surface area contributed by atoms with E-state index < -0.39 is 0 Å². The Labute approximate surface area is 164 Å². The van der Waals surface area contributed by atoms with E-state index in [1.807, 2.05) is 56.6 Å². The second kappa shape index (κ2) is 7.13. The van der Waals surface area contributed by atoms with Gasteiger partial charge < -0.3 is 10.1 Å². The third kappa shape index (κ3) is 3.72. The van der Waals surface area contributed by atoms with Crippen molar-refractivity contribution >= 4 is 49.7 Å². The van der Waals surface area contributed by atoms with Crippen LogP contribution in [0, 0.1) is 13.8 Å². The van der Waals surface area contributed by atoms with Gasteiger partial charge in [0, 0.05) is 23.5 Å². The van der Waals surface area contributed by atoms with Crippen LogP contribution in [-0.4, -0.2) is 20.7 Å². The van der Waals surface area contributed by atoms with Gasteiger partial charge in [-0.3, -0.25) is 4.68 Å². The van der Waals surface area contributed by atoms with E-state index in [-0.39, 0.29) is 12.6 Å². The summed E-state index contributed by atoms with van der Waals surface area (Å²) in [6.45, 7) is 4.13. The molecule has 0 saturated carbocycles. The fraction of sp³-hybridized carbons (Fsp3) is 0.211. The van der Waals surface area contributed by atoms with Gasteiger partial charge in [-0.25, -0.2) is 9.78 Å². The first-order valence-electron chi connectivity index (χ1n) is 8.38. The molecule has 0 amide bonds. The van der Waals surface area contributed by atoms with Crippen molar-refractivity contribution < 1.29 is 9.53 Å². The standard InChI is InChI=1S/C19H18N4O2S2/c1-11-4-6-13(7-5-11)20-19-21-14(10-26-19)9-25-18(24)16-8-15-12(2)22-23(3)17(15)27-16/h4-8,10H,9H2,1-3H3,(H,20,21). The molecule has 1 N–H and O–H groups in total. The quantitative estimate of drug-likeness (QED) is 0.489. The Balaban J connectivity index is 1.39. The number of hydrogen-bond acceptors (Lipinski definition) is 7. The van der Waals surface area contributed by atoms with Gasteiger partial charge in [0.15, 0.2) is 5.13 Å². The van der Waals surface area contributed by atoms with Crippen molar-refractivity contribution in [1.82, 2.24) is 14.8 Å². The number of carbonyl (C=O) groups excluding carboxylic acids is 1. The van der Waals surface area contributed by atoms with E-state index in [1.54, 1.807) is 4.68 Å². The highest BCUT2D eigenvalue weighted by Crippen LogP contribution is 2.28. The molecule has 4 rings (SSSR count). The lowest BCUT2D eigenvalue weighted by molar-refractivity contribution is 0.0474. The summed E-state index contributed by atoms with van der Waals surface area (Å²) in [5, 5.41) is 11.3. The Morgan fingerprint density at radius 2 is 2.04 bits per heavy atom. The van der Waals surface area contributed by atoms with Crippen LogP contribution in [0.15, 0.2) is 35.7 Å². The number of rotatable bonds is 5. The van der Waals surface area contributed by atoms with Crippen molar-refractivity contribution in [2.75, 3.05) is 5.32 Å². The van der Waals surface area contributed by atoms with Gasteiger partial charge in [0.1, 0.15) is 16.3 Å². The van der Waals surface area contributed by atoms with E-state index >= 15 is 0 Å². The van der Waals surface area contributed by atoms with Crippen molar-refractivity contribution in [3.8, 4) is 0 Å². The van der Waals surface area contributed by atoms with Crippen molar-refractivity contribution in [2.24, 2.45) is 7.05 Å². The zero-order chi connectivity index (χ0) is 19.0. The van der Waals surface area contributed by atoms with Crippen LogP contribution in [0.3, 0.4) is 0 Å². The molecular weight excluding hydrogens is 380 g/mol. The van der Waals surface area contributed by atoms with Crippen LogP contribution < -0.4 is 5.32 Å². The van der Waals surface area contributed by atoms with Crippen LogP contribution >= 0.6 is 22.7 Å². The van der Waals surface area contributed by atoms with Crippen LogP contribution in [0.2, 0.25) is 0 Å². The summed E-state index contributed by atoms with van der Waals surface area (Å²) in [5.74, 6) is -0.336. The van der Waals surface area contributed by atoms with E-state index in [4.69, 9.17) is 4.74 Å². The fourth-order valence-corrected chi connectivity index (χ4v) is 4.44. The zero-order valence-electron chi connectivity index (χ0n) is 15.1. The molecule has 138 valence electrons. The lowest BCUT2D eigenvalue weighted by Crippen LogP contribution is -2.03. The van der Waals surface area contributed by atoms with Crippen molar-refractivity contribution in [3.63, 3.8) is 0 Å². The average Bonchev–Trinajstić information content (AvgIpc) is 3.34. The molecule has 1 aromatic carbocycles. The van der Waals surface area contributed by atoms with Gasteiger partial charge in [0.2, 0.25) is 0 Å². The van der Waals surface area contributed by atoms with Gasteiger partial charge in [0.05, 0.1) is 11.4 Å². The summed E-state index contributed by atoms with van der Waals surface area (Å²) < 4.78 is 7.22. The number of carbonyl (C=O) groups is 1. The number of nitrogens with zero attached hydrogens (tertiary/aromatic N) is 3. The van der Waals surface area contributed by atoms with Crippen LogP contribution in [0.5, 0.6) is 0 Å². The first-order chi connectivity index (χ1) is 13.0. The van der Waals surface area contributed by atoms with Gasteiger partial charge in [-0.05, 0) is 32.0 Å². The normalized spacial score (nSPS) is 11.1. The monoisotopic (exact) mass is 398 g/mol. The molecule has 0 aliphatic heterocycles. The molecule has 8 heteroatoms. The minimum absolute atomic E-state index is 0.149. The van der Waals surface area contributed by atoms with Gasteiger partial charge in [-0.2, -0.15) is 5.10 Å². The number of hydrogen-bond donors (Lipinski definition) is 1. The minimum Gasteiger partial charge on any atom is -0.455 e. The second-order valence-electron chi connectivity index (χ2n) is 6.25. The van der Waals surface area contributed by atoms with Crippen LogP contribution in [0.1, 0.15) is 26.6 Å². The first kappa shape index (κ1) is 17.7. The Hall–Kier alpha value is -2.71. The number of aryl methyl sites for hydroxylation is 3. The Kier molecular flexibility index (Phi) is 4.67. The molecule has 0 saturated heterocycles. The zero-order valence-corrected chi connectivity index (χ0v) is 16.8. The number of ether oxygens (including phenoxy) is 1. The summed E-state index contributed by atoms with van der Waals surface area (Å²) in [5.41, 5.74) is 3.82. The molecule has 0 fully saturated rings. The maximum absolute atomic E-state index is 12.4. The minimum atomic E-state index is -0.336. The SMILES string of the molecule is Cc1ccc(Nc2nc(COC(=O)c3cc4c(C)nn(C)c4s3)cs2)cc1. The van der Waals surface area contributed by atoms with Gasteiger partial charge >= 0.3 is 5.97 Å². The molecule has 0 radical (unpaired) electrons. The number of fused-ring (bicyclic) bond motifs is 1. The molecule has 0 spiro atoms. The molecule has 0 unspecified atom stereocenters. The number of esters is 1. The molecule has 6 nitrogen and oxygen atoms in total. The molecule has 3 heterocycles. The second-order valence-corrected chi connectivity index (χ2v) is 8.14. The third-order valence-electron chi connectivity index (χ3n) is 4.10. The smallest absolute Gasteiger partial charge is 0.348 e. The Morgan fingerprint density at radius 1 is 1.26 bits per heavy atom. The molecule has 0 aliphatic carbocycles. The predicted octanol–water partition coefficient (Wildman–Crippen LogP) is 4.81. The number of aromatic nitrogens is 3. The number of thiophene rings is 1. The highest BCUT2D eigenvalue weighted by atomic mass is 32.1. The van der Waals surface area contributed by atoms with Crippen molar-refractivity contribution in [1.29, 1.82) is 0 Å². The predicted molar refractivity (Wildman–Crippen MR) is 109 cm³/mol. The van der Waals surface area contributed by atoms with E-state index in [1.165, 1.54) is 28.2 Å². The van der Waals surface area contributed by atoms with Crippen LogP contribution in [0.4, 0.5) is 10.8 Å². The molecule has 0 bridgehead atoms. The summed E-state index contributed by atoms with van der Waals surface area (Å²) >= 11 is 2.87. The Morgan fingerprint density at radius 3 is 2.78 bits per heavy atom. The highest BCUT2D eigenvalue weighted by Gasteiger charge is 2.16. The van der Waals surface area contributed by atoms with Gasteiger partial charge in [0.25, 0.3) is 0 Å². The lowest BCUT2D eigenvalue weighted by atomic mass is 10.2. The molecule has 4 aromatic rings. The topological polar surface area (TPSA) is 69.0 Å². The van der Waals surface area contributed by atoms with Crippen molar-refractivity contribution in [2.45, 2.75) is 20.5 Å². The average molecular weight is 399 g/mol. The number of benzene rings is 1. The lowest BCUT2D eigenvalue weighted by Gasteiger charge is -2.03. The molecule has 3 aromatic heterocycles. The first-order valence-corrected chi connectivity index (χ1v) is 10.1. The van der Waals surface area contributed by atoms with E-state index in [2.05, 4.69) is 15.4 Å². The third-order valence-corrected chi connectivity index (χ3v) is 6.09. The maximum atomic E-state index is 12.4. The van der Waals surface area contributed by atoms with Crippen molar-refractivity contribution in [3.05, 3.63) is 57.5 Å². The number of anilines is 2. The van der Waals surface area contributed by atoms with Crippen LogP contribution in [0.25, 0.3) is 10.2 Å². The highest BCUT2D eigenvalue weighted by molar-refractivity contribution is 7.20. The molecule has 27 heavy (non-hydrogen) atoms. The van der Waals surface area contributed by atoms with E-state index in [9.17, 15) is 4.79 Å². The Bertz CT molecular complexity index is 1070. The van der Waals surface area contributed by atoms with Crippen LogP contribution in [-0.2, 0) is 18.4 Å². The van der Waals surface area contributed by atoms with Gasteiger partial charge in [-0.15, -0.1) is 22.7 Å². The molecule has 0 atom stereocenters. The number of thiazole rings is 1. The van der Waals surface area contributed by atoms with Gasteiger partial charge in [-0.1, -0.05) is 17.7 Å². The molecule has 0 aliphatic rings. The van der Waals surface area contributed by atoms with E-state index in [0.717, 1.165) is 32.4 Å². The summed E-state index contributed by atoms with van der Waals surface area (Å²) in [6, 6.07) is 9.95. The fourth-order valence-electron chi connectivity index (χ4n) is 2.71. The maximum Gasteiger partial charge on any atom is 0.348 e.